The maximum absolute atomic E-state index is 12.5. The number of benzene rings is 2. The molecule has 0 fully saturated rings. The molecule has 2 aromatic rings. The first kappa shape index (κ1) is 20.2. The number of rotatable bonds is 7. The number of hydrogen-bond acceptors (Lipinski definition) is 5. The van der Waals surface area contributed by atoms with Crippen LogP contribution in [0.2, 0.25) is 0 Å². The second-order valence-electron chi connectivity index (χ2n) is 6.32. The van der Waals surface area contributed by atoms with Crippen molar-refractivity contribution in [2.24, 2.45) is 0 Å². The van der Waals surface area contributed by atoms with E-state index in [0.29, 0.717) is 24.6 Å². The van der Waals surface area contributed by atoms with Gasteiger partial charge in [0.2, 0.25) is 16.1 Å². The number of amides is 1. The highest BCUT2D eigenvalue weighted by atomic mass is 32.2. The van der Waals surface area contributed by atoms with Crippen molar-refractivity contribution in [3.8, 4) is 11.5 Å². The largest absolute Gasteiger partial charge is 0.485 e. The zero-order valence-corrected chi connectivity index (χ0v) is 16.7. The van der Waals surface area contributed by atoms with E-state index in [1.807, 2.05) is 12.1 Å². The van der Waals surface area contributed by atoms with Crippen molar-refractivity contribution in [3.05, 3.63) is 54.1 Å². The second-order valence-corrected chi connectivity index (χ2v) is 8.25. The van der Waals surface area contributed by atoms with Crippen molar-refractivity contribution in [2.75, 3.05) is 19.7 Å². The summed E-state index contributed by atoms with van der Waals surface area (Å²) in [5, 5.41) is 2.80. The van der Waals surface area contributed by atoms with Crippen LogP contribution in [0.25, 0.3) is 0 Å². The topological polar surface area (TPSA) is 84.9 Å². The van der Waals surface area contributed by atoms with Gasteiger partial charge in [-0.3, -0.25) is 4.79 Å². The Kier molecular flexibility index (Phi) is 6.21. The van der Waals surface area contributed by atoms with Crippen LogP contribution in [0.1, 0.15) is 19.4 Å². The van der Waals surface area contributed by atoms with Crippen LogP contribution in [0.4, 0.5) is 0 Å². The molecule has 1 amide bonds. The summed E-state index contributed by atoms with van der Waals surface area (Å²) in [7, 11) is -3.49. The SMILES string of the molecule is CCN(CC)S(=O)(=O)c1ccc(CNC(=O)[C@@H]2COc3ccccc3O2)cc1. The van der Waals surface area contributed by atoms with Crippen LogP contribution >= 0.6 is 0 Å². The Balaban J connectivity index is 1.59. The van der Waals surface area contributed by atoms with Gasteiger partial charge in [-0.2, -0.15) is 4.31 Å². The number of fused-ring (bicyclic) bond motifs is 1. The molecule has 3 rings (SSSR count). The molecule has 0 unspecified atom stereocenters. The first-order chi connectivity index (χ1) is 13.5. The summed E-state index contributed by atoms with van der Waals surface area (Å²) in [4.78, 5) is 12.6. The van der Waals surface area contributed by atoms with E-state index in [9.17, 15) is 13.2 Å². The van der Waals surface area contributed by atoms with Gasteiger partial charge in [-0.25, -0.2) is 8.42 Å². The molecule has 0 saturated heterocycles. The maximum Gasteiger partial charge on any atom is 0.264 e. The lowest BCUT2D eigenvalue weighted by Gasteiger charge is -2.25. The minimum Gasteiger partial charge on any atom is -0.485 e. The molecule has 0 aliphatic carbocycles. The number of sulfonamides is 1. The normalized spacial score (nSPS) is 16.0. The maximum atomic E-state index is 12.5. The van der Waals surface area contributed by atoms with Crippen LogP contribution in [0.15, 0.2) is 53.4 Å². The number of para-hydroxylation sites is 2. The molecule has 0 saturated carbocycles. The molecule has 8 heteroatoms. The fraction of sp³-hybridized carbons (Fsp3) is 0.350. The number of ether oxygens (including phenoxy) is 2. The lowest BCUT2D eigenvalue weighted by molar-refractivity contribution is -0.130. The fourth-order valence-electron chi connectivity index (χ4n) is 2.94. The molecular weight excluding hydrogens is 380 g/mol. The predicted molar refractivity (Wildman–Crippen MR) is 105 cm³/mol. The lowest BCUT2D eigenvalue weighted by atomic mass is 10.2. The molecule has 2 aromatic carbocycles. The fourth-order valence-corrected chi connectivity index (χ4v) is 4.40. The van der Waals surface area contributed by atoms with E-state index in [2.05, 4.69) is 5.32 Å². The van der Waals surface area contributed by atoms with Gasteiger partial charge in [0.1, 0.15) is 6.61 Å². The smallest absolute Gasteiger partial charge is 0.264 e. The van der Waals surface area contributed by atoms with E-state index in [1.54, 1.807) is 50.2 Å². The molecule has 0 aromatic heterocycles. The minimum atomic E-state index is -3.49. The highest BCUT2D eigenvalue weighted by Crippen LogP contribution is 2.30. The first-order valence-corrected chi connectivity index (χ1v) is 10.6. The molecule has 0 radical (unpaired) electrons. The van der Waals surface area contributed by atoms with Gasteiger partial charge in [0, 0.05) is 19.6 Å². The average Bonchev–Trinajstić information content (AvgIpc) is 2.72. The molecule has 28 heavy (non-hydrogen) atoms. The summed E-state index contributed by atoms with van der Waals surface area (Å²) >= 11 is 0. The predicted octanol–water partition coefficient (Wildman–Crippen LogP) is 2.17. The lowest BCUT2D eigenvalue weighted by Crippen LogP contribution is -2.43. The van der Waals surface area contributed by atoms with Crippen LogP contribution in [0, 0.1) is 0 Å². The summed E-state index contributed by atoms with van der Waals surface area (Å²) < 4.78 is 37.6. The van der Waals surface area contributed by atoms with Crippen molar-refractivity contribution < 1.29 is 22.7 Å². The summed E-state index contributed by atoms with van der Waals surface area (Å²) in [6.45, 7) is 4.86. The van der Waals surface area contributed by atoms with Crippen LogP contribution in [-0.2, 0) is 21.4 Å². The Morgan fingerprint density at radius 2 is 1.71 bits per heavy atom. The molecule has 0 spiro atoms. The standard InChI is InChI=1S/C20H24N2O5S/c1-3-22(4-2)28(24,25)16-11-9-15(10-12-16)13-21-20(23)19-14-26-17-7-5-6-8-18(17)27-19/h5-12,19H,3-4,13-14H2,1-2H3,(H,21,23)/t19-/m0/s1. The highest BCUT2D eigenvalue weighted by Gasteiger charge is 2.27. The van der Waals surface area contributed by atoms with Gasteiger partial charge < -0.3 is 14.8 Å². The minimum absolute atomic E-state index is 0.143. The quantitative estimate of drug-likeness (QED) is 0.765. The third-order valence-electron chi connectivity index (χ3n) is 4.53. The van der Waals surface area contributed by atoms with Gasteiger partial charge in [0.25, 0.3) is 5.91 Å². The van der Waals surface area contributed by atoms with E-state index in [0.717, 1.165) is 5.56 Å². The van der Waals surface area contributed by atoms with Crippen LogP contribution in [0.5, 0.6) is 11.5 Å². The average molecular weight is 404 g/mol. The second kappa shape index (κ2) is 8.62. The van der Waals surface area contributed by atoms with Gasteiger partial charge in [0.15, 0.2) is 11.5 Å². The third-order valence-corrected chi connectivity index (χ3v) is 6.60. The summed E-state index contributed by atoms with van der Waals surface area (Å²) in [5.41, 5.74) is 0.795. The summed E-state index contributed by atoms with van der Waals surface area (Å²) in [6.07, 6.45) is -0.725. The summed E-state index contributed by atoms with van der Waals surface area (Å²) in [6, 6.07) is 13.7. The van der Waals surface area contributed by atoms with Crippen molar-refractivity contribution in [1.29, 1.82) is 0 Å². The third kappa shape index (κ3) is 4.28. The molecule has 1 atom stereocenters. The zero-order valence-electron chi connectivity index (χ0n) is 15.9. The molecule has 150 valence electrons. The van der Waals surface area contributed by atoms with Gasteiger partial charge in [-0.1, -0.05) is 38.1 Å². The Bertz CT molecular complexity index is 924. The molecule has 1 N–H and O–H groups in total. The number of nitrogens with one attached hydrogen (secondary N) is 1. The van der Waals surface area contributed by atoms with Crippen molar-refractivity contribution >= 4 is 15.9 Å². The van der Waals surface area contributed by atoms with Crippen molar-refractivity contribution in [2.45, 2.75) is 31.4 Å². The van der Waals surface area contributed by atoms with Gasteiger partial charge in [0.05, 0.1) is 4.90 Å². The molecular formula is C20H24N2O5S. The number of carbonyl (C=O) groups is 1. The first-order valence-electron chi connectivity index (χ1n) is 9.21. The Hall–Kier alpha value is -2.58. The van der Waals surface area contributed by atoms with Crippen LogP contribution in [0.3, 0.4) is 0 Å². The van der Waals surface area contributed by atoms with E-state index in [1.165, 1.54) is 4.31 Å². The van der Waals surface area contributed by atoms with Crippen LogP contribution < -0.4 is 14.8 Å². The van der Waals surface area contributed by atoms with Gasteiger partial charge >= 0.3 is 0 Å². The van der Waals surface area contributed by atoms with Crippen molar-refractivity contribution in [3.63, 3.8) is 0 Å². The zero-order chi connectivity index (χ0) is 20.1. The van der Waals surface area contributed by atoms with Crippen molar-refractivity contribution in [1.82, 2.24) is 9.62 Å². The number of carbonyl (C=O) groups excluding carboxylic acids is 1. The summed E-state index contributed by atoms with van der Waals surface area (Å²) in [5.74, 6) is 0.880. The molecule has 0 bridgehead atoms. The highest BCUT2D eigenvalue weighted by molar-refractivity contribution is 7.89. The Labute approximate surface area is 165 Å². The van der Waals surface area contributed by atoms with E-state index >= 15 is 0 Å². The monoisotopic (exact) mass is 404 g/mol. The van der Waals surface area contributed by atoms with Gasteiger partial charge in [-0.15, -0.1) is 0 Å². The Morgan fingerprint density at radius 3 is 2.36 bits per heavy atom. The molecule has 7 nitrogen and oxygen atoms in total. The van der Waals surface area contributed by atoms with Crippen LogP contribution in [-0.4, -0.2) is 44.4 Å². The molecule has 1 aliphatic rings. The van der Waals surface area contributed by atoms with E-state index in [4.69, 9.17) is 9.47 Å². The number of nitrogens with zero attached hydrogens (tertiary/aromatic N) is 1. The molecule has 1 heterocycles. The van der Waals surface area contributed by atoms with E-state index in [-0.39, 0.29) is 24.0 Å². The Morgan fingerprint density at radius 1 is 1.07 bits per heavy atom. The van der Waals surface area contributed by atoms with Gasteiger partial charge in [-0.05, 0) is 29.8 Å². The number of hydrogen-bond donors (Lipinski definition) is 1. The molecule has 1 aliphatic heterocycles. The van der Waals surface area contributed by atoms with E-state index < -0.39 is 16.1 Å².